The molecule has 2 N–H and O–H groups in total. The predicted octanol–water partition coefficient (Wildman–Crippen LogP) is 0.468. The number of carbonyl (C=O) groups excluding carboxylic acids is 2. The summed E-state index contributed by atoms with van der Waals surface area (Å²) in [7, 11) is 0. The van der Waals surface area contributed by atoms with Crippen molar-refractivity contribution in [2.75, 3.05) is 19.7 Å². The first-order valence-corrected chi connectivity index (χ1v) is 8.04. The van der Waals surface area contributed by atoms with Gasteiger partial charge in [-0.1, -0.05) is 0 Å². The van der Waals surface area contributed by atoms with E-state index in [1.807, 2.05) is 0 Å². The summed E-state index contributed by atoms with van der Waals surface area (Å²) >= 11 is 0. The summed E-state index contributed by atoms with van der Waals surface area (Å²) in [6.07, 6.45) is 4.66. The molecule has 4 rings (SSSR count). The third-order valence-corrected chi connectivity index (χ3v) is 4.74. The van der Waals surface area contributed by atoms with Crippen molar-refractivity contribution in [2.45, 2.75) is 31.4 Å². The van der Waals surface area contributed by atoms with Gasteiger partial charge in [0.2, 0.25) is 5.91 Å². The number of aromatic nitrogens is 3. The van der Waals surface area contributed by atoms with Gasteiger partial charge in [-0.15, -0.1) is 0 Å². The maximum absolute atomic E-state index is 12.7. The smallest absolute Gasteiger partial charge is 0.270 e. The lowest BCUT2D eigenvalue weighted by Gasteiger charge is -2.23. The molecule has 0 saturated carbocycles. The van der Waals surface area contributed by atoms with Crippen molar-refractivity contribution in [1.29, 1.82) is 0 Å². The zero-order chi connectivity index (χ0) is 16.7. The Hall–Kier alpha value is -2.48. The molecule has 0 radical (unpaired) electrons. The Morgan fingerprint density at radius 3 is 3.17 bits per heavy atom. The van der Waals surface area contributed by atoms with Gasteiger partial charge in [-0.25, -0.2) is 9.97 Å². The molecule has 24 heavy (non-hydrogen) atoms. The molecule has 4 heterocycles. The number of ether oxygens (including phenoxy) is 1. The maximum atomic E-state index is 12.7. The lowest BCUT2D eigenvalue weighted by molar-refractivity contribution is -0.119. The Bertz CT molecular complexity index is 771. The minimum absolute atomic E-state index is 0.0286. The summed E-state index contributed by atoms with van der Waals surface area (Å²) in [5, 5.41) is 3.71. The highest BCUT2D eigenvalue weighted by molar-refractivity contribution is 5.97. The molecule has 2 unspecified atom stereocenters. The van der Waals surface area contributed by atoms with Gasteiger partial charge in [-0.2, -0.15) is 0 Å². The van der Waals surface area contributed by atoms with Crippen LogP contribution < -0.4 is 5.32 Å². The highest BCUT2D eigenvalue weighted by Gasteiger charge is 2.47. The zero-order valence-electron chi connectivity index (χ0n) is 13.4. The number of amides is 2. The Kier molecular flexibility index (Phi) is 3.49. The number of fused-ring (bicyclic) bond motifs is 1. The molecule has 8 heteroatoms. The fourth-order valence-corrected chi connectivity index (χ4v) is 3.68. The Labute approximate surface area is 138 Å². The van der Waals surface area contributed by atoms with Crippen LogP contribution in [-0.2, 0) is 9.53 Å². The normalized spacial score (nSPS) is 26.4. The third kappa shape index (κ3) is 2.62. The first-order chi connectivity index (χ1) is 11.5. The minimum atomic E-state index is -0.339. The molecule has 2 aliphatic rings. The van der Waals surface area contributed by atoms with Gasteiger partial charge in [0.15, 0.2) is 0 Å². The average molecular weight is 329 g/mol. The van der Waals surface area contributed by atoms with Gasteiger partial charge in [0.05, 0.1) is 24.8 Å². The van der Waals surface area contributed by atoms with Crippen LogP contribution in [0.25, 0.3) is 11.0 Å². The molecule has 2 fully saturated rings. The first kappa shape index (κ1) is 15.1. The van der Waals surface area contributed by atoms with E-state index in [1.54, 1.807) is 17.2 Å². The molecule has 2 aromatic rings. The number of hydrogen-bond donors (Lipinski definition) is 2. The molecule has 1 spiro atoms. The van der Waals surface area contributed by atoms with Crippen molar-refractivity contribution in [3.63, 3.8) is 0 Å². The van der Waals surface area contributed by atoms with Gasteiger partial charge in [0.1, 0.15) is 17.7 Å². The molecular weight excluding hydrogens is 310 g/mol. The van der Waals surface area contributed by atoms with Crippen molar-refractivity contribution in [3.8, 4) is 0 Å². The highest BCUT2D eigenvalue weighted by Crippen LogP contribution is 2.35. The average Bonchev–Trinajstić information content (AvgIpc) is 3.25. The Morgan fingerprint density at radius 2 is 2.38 bits per heavy atom. The predicted molar refractivity (Wildman–Crippen MR) is 85.3 cm³/mol. The fourth-order valence-electron chi connectivity index (χ4n) is 3.68. The molecule has 2 amide bonds. The number of hydrogen-bond acceptors (Lipinski definition) is 5. The quantitative estimate of drug-likeness (QED) is 0.834. The van der Waals surface area contributed by atoms with Crippen LogP contribution in [0.15, 0.2) is 18.6 Å². The van der Waals surface area contributed by atoms with Crippen molar-refractivity contribution in [1.82, 2.24) is 25.2 Å². The second-order valence-electron chi connectivity index (χ2n) is 6.58. The molecule has 126 valence electrons. The van der Waals surface area contributed by atoms with Gasteiger partial charge in [-0.05, 0) is 12.5 Å². The standard InChI is InChI=1S/C16H19N5O3/c1-10(22)19-12-5-16(24-7-12)2-3-21(8-16)15(23)13-4-11-6-17-9-18-14(11)20-13/h4,6,9,12H,2-3,5,7-8H2,1H3,(H,19,22)(H,17,18,20). The summed E-state index contributed by atoms with van der Waals surface area (Å²) in [6.45, 7) is 3.20. The van der Waals surface area contributed by atoms with Gasteiger partial charge >= 0.3 is 0 Å². The van der Waals surface area contributed by atoms with E-state index in [1.165, 1.54) is 13.3 Å². The Balaban J connectivity index is 1.46. The van der Waals surface area contributed by atoms with Gasteiger partial charge in [0.25, 0.3) is 5.91 Å². The minimum Gasteiger partial charge on any atom is -0.371 e. The number of nitrogens with one attached hydrogen (secondary N) is 2. The lowest BCUT2D eigenvalue weighted by Crippen LogP contribution is -2.38. The van der Waals surface area contributed by atoms with E-state index in [9.17, 15) is 9.59 Å². The van der Waals surface area contributed by atoms with Crippen LogP contribution in [0.3, 0.4) is 0 Å². The van der Waals surface area contributed by atoms with Gasteiger partial charge in [0, 0.05) is 31.5 Å². The molecule has 2 atom stereocenters. The van der Waals surface area contributed by atoms with Crippen LogP contribution in [0.5, 0.6) is 0 Å². The van der Waals surface area contributed by atoms with E-state index in [0.717, 1.165) is 18.2 Å². The molecule has 8 nitrogen and oxygen atoms in total. The number of H-pyrrole nitrogens is 1. The highest BCUT2D eigenvalue weighted by atomic mass is 16.5. The molecule has 0 bridgehead atoms. The van der Waals surface area contributed by atoms with E-state index in [0.29, 0.717) is 31.0 Å². The van der Waals surface area contributed by atoms with Crippen LogP contribution in [-0.4, -0.2) is 63.0 Å². The van der Waals surface area contributed by atoms with Crippen molar-refractivity contribution in [2.24, 2.45) is 0 Å². The number of aromatic amines is 1. The number of nitrogens with zero attached hydrogens (tertiary/aromatic N) is 3. The topological polar surface area (TPSA) is 100 Å². The first-order valence-electron chi connectivity index (χ1n) is 8.04. The largest absolute Gasteiger partial charge is 0.371 e. The van der Waals surface area contributed by atoms with E-state index in [-0.39, 0.29) is 23.5 Å². The van der Waals surface area contributed by atoms with Crippen LogP contribution >= 0.6 is 0 Å². The lowest BCUT2D eigenvalue weighted by atomic mass is 9.97. The second-order valence-corrected chi connectivity index (χ2v) is 6.58. The van der Waals surface area contributed by atoms with Crippen LogP contribution in [0.2, 0.25) is 0 Å². The van der Waals surface area contributed by atoms with Crippen LogP contribution in [0, 0.1) is 0 Å². The monoisotopic (exact) mass is 329 g/mol. The SMILES string of the molecule is CC(=O)NC1COC2(CCN(C(=O)c3cc4cncnc4[nH]3)C2)C1. The number of rotatable bonds is 2. The summed E-state index contributed by atoms with van der Waals surface area (Å²) in [5.74, 6) is -0.109. The van der Waals surface area contributed by atoms with Gasteiger partial charge < -0.3 is 19.9 Å². The van der Waals surface area contributed by atoms with Crippen molar-refractivity contribution >= 4 is 22.8 Å². The molecular formula is C16H19N5O3. The van der Waals surface area contributed by atoms with Crippen molar-refractivity contribution < 1.29 is 14.3 Å². The fraction of sp³-hybridized carbons (Fsp3) is 0.500. The molecule has 2 saturated heterocycles. The molecule has 0 aliphatic carbocycles. The summed E-state index contributed by atoms with van der Waals surface area (Å²) in [4.78, 5) is 36.9. The van der Waals surface area contributed by atoms with Gasteiger partial charge in [-0.3, -0.25) is 9.59 Å². The van der Waals surface area contributed by atoms with E-state index in [2.05, 4.69) is 20.3 Å². The van der Waals surface area contributed by atoms with E-state index < -0.39 is 0 Å². The van der Waals surface area contributed by atoms with E-state index >= 15 is 0 Å². The number of likely N-dealkylation sites (tertiary alicyclic amines) is 1. The molecule has 0 aromatic carbocycles. The zero-order valence-corrected chi connectivity index (χ0v) is 13.4. The summed E-state index contributed by atoms with van der Waals surface area (Å²) in [6, 6.07) is 1.80. The van der Waals surface area contributed by atoms with Crippen LogP contribution in [0.1, 0.15) is 30.3 Å². The Morgan fingerprint density at radius 1 is 1.50 bits per heavy atom. The molecule has 2 aliphatic heterocycles. The maximum Gasteiger partial charge on any atom is 0.270 e. The third-order valence-electron chi connectivity index (χ3n) is 4.74. The summed E-state index contributed by atoms with van der Waals surface area (Å²) in [5.41, 5.74) is 0.832. The van der Waals surface area contributed by atoms with Crippen LogP contribution in [0.4, 0.5) is 0 Å². The second kappa shape index (κ2) is 5.55. The molecule has 2 aromatic heterocycles. The number of carbonyl (C=O) groups is 2. The summed E-state index contributed by atoms with van der Waals surface area (Å²) < 4.78 is 5.95. The van der Waals surface area contributed by atoms with E-state index in [4.69, 9.17) is 4.74 Å². The van der Waals surface area contributed by atoms with Crippen molar-refractivity contribution in [3.05, 3.63) is 24.3 Å².